The van der Waals surface area contributed by atoms with E-state index in [1.54, 1.807) is 20.8 Å². The van der Waals surface area contributed by atoms with Gasteiger partial charge in [0.1, 0.15) is 11.6 Å². The molecule has 1 aliphatic rings. The van der Waals surface area contributed by atoms with E-state index in [2.05, 4.69) is 0 Å². The Morgan fingerprint density at radius 1 is 1.37 bits per heavy atom. The van der Waals surface area contributed by atoms with Crippen molar-refractivity contribution < 1.29 is 23.8 Å². The van der Waals surface area contributed by atoms with Gasteiger partial charge in [-0.2, -0.15) is 0 Å². The average molecular weight is 294 g/mol. The highest BCUT2D eigenvalue weighted by molar-refractivity contribution is 6.17. The minimum Gasteiger partial charge on any atom is -0.448 e. The largest absolute Gasteiger partial charge is 0.448 e. The number of amides is 1. The summed E-state index contributed by atoms with van der Waals surface area (Å²) in [5, 5.41) is 0. The number of hydrogen-bond acceptors (Lipinski definition) is 5. The number of rotatable bonds is 3. The molecule has 2 atom stereocenters. The summed E-state index contributed by atoms with van der Waals surface area (Å²) in [5.74, 6) is -0.541. The van der Waals surface area contributed by atoms with Crippen molar-refractivity contribution in [3.05, 3.63) is 0 Å². The lowest BCUT2D eigenvalue weighted by Crippen LogP contribution is -2.44. The zero-order valence-corrected chi connectivity index (χ0v) is 12.4. The molecule has 0 aliphatic carbocycles. The smallest absolute Gasteiger partial charge is 0.411 e. The molecule has 1 aliphatic heterocycles. The van der Waals surface area contributed by atoms with E-state index < -0.39 is 23.7 Å². The van der Waals surface area contributed by atoms with E-state index in [9.17, 15) is 9.59 Å². The number of likely N-dealkylation sites (tertiary alicyclic amines) is 1. The third kappa shape index (κ3) is 4.54. The Morgan fingerprint density at radius 2 is 2.00 bits per heavy atom. The molecule has 110 valence electrons. The van der Waals surface area contributed by atoms with Crippen molar-refractivity contribution in [2.75, 3.05) is 19.7 Å². The van der Waals surface area contributed by atoms with Crippen LogP contribution >= 0.6 is 11.6 Å². The number of hydrogen-bond donors (Lipinski definition) is 0. The highest BCUT2D eigenvalue weighted by Gasteiger charge is 2.42. The molecule has 1 fully saturated rings. The molecule has 1 amide bonds. The van der Waals surface area contributed by atoms with Gasteiger partial charge in [-0.05, 0) is 20.8 Å². The molecule has 0 radical (unpaired) electrons. The molecule has 1 saturated heterocycles. The van der Waals surface area contributed by atoms with E-state index >= 15 is 0 Å². The summed E-state index contributed by atoms with van der Waals surface area (Å²) in [6.45, 7) is 5.59. The van der Waals surface area contributed by atoms with Gasteiger partial charge in [0.25, 0.3) is 0 Å². The Labute approximate surface area is 117 Å². The summed E-state index contributed by atoms with van der Waals surface area (Å²) in [4.78, 5) is 25.2. The summed E-state index contributed by atoms with van der Waals surface area (Å²) in [6, 6.07) is -0.951. The average Bonchev–Trinajstić information content (AvgIpc) is 2.71. The molecule has 0 saturated carbocycles. The Balaban J connectivity index is 2.76. The zero-order chi connectivity index (χ0) is 14.6. The van der Waals surface area contributed by atoms with Gasteiger partial charge in [-0.15, -0.1) is 0 Å². The molecule has 6 nitrogen and oxygen atoms in total. The van der Waals surface area contributed by atoms with E-state index in [-0.39, 0.29) is 12.2 Å². The lowest BCUT2D eigenvalue weighted by atomic mass is 10.2. The third-order valence-electron chi connectivity index (χ3n) is 2.69. The first-order valence-corrected chi connectivity index (χ1v) is 6.57. The van der Waals surface area contributed by atoms with Gasteiger partial charge in [0.2, 0.25) is 0 Å². The second-order valence-electron chi connectivity index (χ2n) is 5.31. The Kier molecular flexibility index (Phi) is 5.43. The molecule has 1 rings (SSSR count). The Hall–Kier alpha value is -1.01. The molecule has 0 aromatic carbocycles. The van der Waals surface area contributed by atoms with Crippen LogP contribution < -0.4 is 0 Å². The van der Waals surface area contributed by atoms with Crippen molar-refractivity contribution in [1.82, 2.24) is 4.90 Å². The summed E-state index contributed by atoms with van der Waals surface area (Å²) in [7, 11) is 1.53. The van der Waals surface area contributed by atoms with Gasteiger partial charge in [0, 0.05) is 13.5 Å². The summed E-state index contributed by atoms with van der Waals surface area (Å²) in [5.41, 5.74) is -0.622. The monoisotopic (exact) mass is 293 g/mol. The maximum atomic E-state index is 12.0. The number of methoxy groups -OCH3 is 1. The molecular formula is C12H20ClNO5. The number of halogens is 1. The SMILES string of the molecule is COC1CC(C(=O)OCCl)N(C(=O)OC(C)(C)C)C1. The molecular weight excluding hydrogens is 274 g/mol. The lowest BCUT2D eigenvalue weighted by Gasteiger charge is -2.27. The molecule has 0 aromatic heterocycles. The first-order chi connectivity index (χ1) is 8.78. The Bertz CT molecular complexity index is 342. The van der Waals surface area contributed by atoms with Gasteiger partial charge in [0.15, 0.2) is 6.07 Å². The van der Waals surface area contributed by atoms with E-state index in [0.29, 0.717) is 13.0 Å². The molecule has 7 heteroatoms. The standard InChI is InChI=1S/C12H20ClNO5/c1-12(2,3)19-11(16)14-6-8(17-4)5-9(14)10(15)18-7-13/h8-9H,5-7H2,1-4H3. The van der Waals surface area contributed by atoms with Crippen LogP contribution in [0.2, 0.25) is 0 Å². The fourth-order valence-corrected chi connectivity index (χ4v) is 1.97. The maximum Gasteiger partial charge on any atom is 0.411 e. The van der Waals surface area contributed by atoms with Crippen LogP contribution in [0.25, 0.3) is 0 Å². The molecule has 19 heavy (non-hydrogen) atoms. The van der Waals surface area contributed by atoms with Gasteiger partial charge in [0.05, 0.1) is 12.6 Å². The van der Waals surface area contributed by atoms with E-state index in [1.165, 1.54) is 12.0 Å². The molecule has 0 spiro atoms. The van der Waals surface area contributed by atoms with E-state index in [0.717, 1.165) is 0 Å². The van der Waals surface area contributed by atoms with Gasteiger partial charge in [-0.25, -0.2) is 9.59 Å². The van der Waals surface area contributed by atoms with Crippen molar-refractivity contribution in [3.63, 3.8) is 0 Å². The topological polar surface area (TPSA) is 65.1 Å². The van der Waals surface area contributed by atoms with Gasteiger partial charge in [-0.3, -0.25) is 4.90 Å². The first-order valence-electron chi connectivity index (χ1n) is 6.03. The minimum atomic E-state index is -0.710. The predicted octanol–water partition coefficient (Wildman–Crippen LogP) is 1.75. The van der Waals surface area contributed by atoms with Crippen molar-refractivity contribution in [1.29, 1.82) is 0 Å². The first kappa shape index (κ1) is 16.0. The van der Waals surface area contributed by atoms with Crippen molar-refractivity contribution >= 4 is 23.7 Å². The van der Waals surface area contributed by atoms with Crippen LogP contribution in [-0.2, 0) is 19.0 Å². The summed E-state index contributed by atoms with van der Waals surface area (Å²) < 4.78 is 15.2. The minimum absolute atomic E-state index is 0.208. The van der Waals surface area contributed by atoms with Gasteiger partial charge in [-0.1, -0.05) is 11.6 Å². The number of alkyl halides is 1. The second-order valence-corrected chi connectivity index (χ2v) is 5.53. The van der Waals surface area contributed by atoms with Gasteiger partial charge >= 0.3 is 12.1 Å². The molecule has 0 aromatic rings. The summed E-state index contributed by atoms with van der Waals surface area (Å²) >= 11 is 5.37. The lowest BCUT2D eigenvalue weighted by molar-refractivity contribution is -0.146. The van der Waals surface area contributed by atoms with E-state index in [4.69, 9.17) is 25.8 Å². The summed E-state index contributed by atoms with van der Waals surface area (Å²) in [6.07, 6.45) is -0.380. The number of esters is 1. The van der Waals surface area contributed by atoms with Crippen molar-refractivity contribution in [2.24, 2.45) is 0 Å². The predicted molar refractivity (Wildman–Crippen MR) is 69.0 cm³/mol. The zero-order valence-electron chi connectivity index (χ0n) is 11.6. The number of ether oxygens (including phenoxy) is 3. The van der Waals surface area contributed by atoms with Crippen molar-refractivity contribution in [3.8, 4) is 0 Å². The fraction of sp³-hybridized carbons (Fsp3) is 0.833. The third-order valence-corrected chi connectivity index (χ3v) is 2.80. The quantitative estimate of drug-likeness (QED) is 0.586. The number of carbonyl (C=O) groups excluding carboxylic acids is 2. The second kappa shape index (κ2) is 6.43. The highest BCUT2D eigenvalue weighted by atomic mass is 35.5. The fourth-order valence-electron chi connectivity index (χ4n) is 1.86. The normalized spacial score (nSPS) is 23.3. The molecule has 0 N–H and O–H groups in total. The van der Waals surface area contributed by atoms with Crippen LogP contribution in [0.4, 0.5) is 4.79 Å². The van der Waals surface area contributed by atoms with E-state index in [1.807, 2.05) is 0 Å². The van der Waals surface area contributed by atoms with Crippen molar-refractivity contribution in [2.45, 2.75) is 44.9 Å². The Morgan fingerprint density at radius 3 is 2.47 bits per heavy atom. The highest BCUT2D eigenvalue weighted by Crippen LogP contribution is 2.23. The van der Waals surface area contributed by atoms with Crippen LogP contribution in [0.5, 0.6) is 0 Å². The molecule has 2 unspecified atom stereocenters. The van der Waals surface area contributed by atoms with Crippen LogP contribution in [-0.4, -0.2) is 54.4 Å². The van der Waals surface area contributed by atoms with Crippen LogP contribution in [0, 0.1) is 0 Å². The van der Waals surface area contributed by atoms with Crippen LogP contribution in [0.3, 0.4) is 0 Å². The van der Waals surface area contributed by atoms with Crippen LogP contribution in [0.15, 0.2) is 0 Å². The molecule has 0 bridgehead atoms. The number of nitrogens with zero attached hydrogens (tertiary/aromatic N) is 1. The molecule has 1 heterocycles. The van der Waals surface area contributed by atoms with Gasteiger partial charge < -0.3 is 14.2 Å². The number of carbonyl (C=O) groups is 2. The maximum absolute atomic E-state index is 12.0. The van der Waals surface area contributed by atoms with Crippen LogP contribution in [0.1, 0.15) is 27.2 Å².